The molecule has 1 aliphatic carbocycles. The number of benzene rings is 3. The molecule has 0 N–H and O–H groups in total. The van der Waals surface area contributed by atoms with Crippen molar-refractivity contribution in [3.05, 3.63) is 83.4 Å². The average molecular weight is 709 g/mol. The molecule has 0 heterocycles. The van der Waals surface area contributed by atoms with E-state index in [1.807, 2.05) is 43.3 Å². The highest BCUT2D eigenvalue weighted by Gasteiger charge is 2.43. The normalized spacial score (nSPS) is 15.5. The SMILES string of the molecule is CCCCCCCCCC(C)Oc1ccc(-c2ccc(C(=O)Oc3ccc4c(c3)CCC(C(=O)O[C@H](CCCCCC)C(F)(F)F)C4)cc2)cc1. The van der Waals surface area contributed by atoms with Crippen molar-refractivity contribution in [3.8, 4) is 22.6 Å². The monoisotopic (exact) mass is 708 g/mol. The topological polar surface area (TPSA) is 61.8 Å². The molecule has 2 unspecified atom stereocenters. The molecule has 8 heteroatoms. The number of aryl methyl sites for hydroxylation is 1. The predicted molar refractivity (Wildman–Crippen MR) is 196 cm³/mol. The zero-order valence-electron chi connectivity index (χ0n) is 30.6. The van der Waals surface area contributed by atoms with Gasteiger partial charge in [-0.05, 0) is 111 Å². The first kappa shape index (κ1) is 40.0. The molecule has 0 bridgehead atoms. The molecular formula is C43H55F3O5. The van der Waals surface area contributed by atoms with Gasteiger partial charge in [-0.1, -0.05) is 102 Å². The second-order valence-electron chi connectivity index (χ2n) is 14.0. The molecule has 0 spiro atoms. The second-order valence-corrected chi connectivity index (χ2v) is 14.0. The van der Waals surface area contributed by atoms with E-state index in [4.69, 9.17) is 14.2 Å². The molecule has 0 fully saturated rings. The van der Waals surface area contributed by atoms with Crippen molar-refractivity contribution in [2.24, 2.45) is 5.92 Å². The van der Waals surface area contributed by atoms with Crippen LogP contribution >= 0.6 is 0 Å². The lowest BCUT2D eigenvalue weighted by atomic mass is 9.84. The van der Waals surface area contributed by atoms with Crippen LogP contribution in [-0.2, 0) is 22.4 Å². The number of carbonyl (C=O) groups excluding carboxylic acids is 2. The maximum atomic E-state index is 13.6. The fourth-order valence-electron chi connectivity index (χ4n) is 6.65. The van der Waals surface area contributed by atoms with Crippen LogP contribution in [0, 0.1) is 5.92 Å². The first-order valence-corrected chi connectivity index (χ1v) is 19.1. The summed E-state index contributed by atoms with van der Waals surface area (Å²) in [5.74, 6) is -0.708. The van der Waals surface area contributed by atoms with Gasteiger partial charge >= 0.3 is 18.1 Å². The van der Waals surface area contributed by atoms with Gasteiger partial charge in [0.1, 0.15) is 11.5 Å². The van der Waals surface area contributed by atoms with Crippen LogP contribution in [0.15, 0.2) is 66.7 Å². The number of unbranched alkanes of at least 4 members (excludes halogenated alkanes) is 9. The minimum Gasteiger partial charge on any atom is -0.491 e. The van der Waals surface area contributed by atoms with Gasteiger partial charge < -0.3 is 14.2 Å². The number of fused-ring (bicyclic) bond motifs is 1. The first-order chi connectivity index (χ1) is 24.6. The molecule has 3 aromatic carbocycles. The van der Waals surface area contributed by atoms with Crippen molar-refractivity contribution >= 4 is 11.9 Å². The van der Waals surface area contributed by atoms with E-state index in [-0.39, 0.29) is 18.9 Å². The summed E-state index contributed by atoms with van der Waals surface area (Å²) in [5.41, 5.74) is 4.14. The molecule has 5 nitrogen and oxygen atoms in total. The van der Waals surface area contributed by atoms with Crippen LogP contribution in [0.3, 0.4) is 0 Å². The highest BCUT2D eigenvalue weighted by molar-refractivity contribution is 5.91. The zero-order valence-corrected chi connectivity index (χ0v) is 30.6. The van der Waals surface area contributed by atoms with Crippen LogP contribution in [-0.4, -0.2) is 30.3 Å². The summed E-state index contributed by atoms with van der Waals surface area (Å²) in [6, 6.07) is 20.4. The Balaban J connectivity index is 1.24. The van der Waals surface area contributed by atoms with Crippen molar-refractivity contribution < 1.29 is 37.0 Å². The van der Waals surface area contributed by atoms with Gasteiger partial charge in [0.25, 0.3) is 0 Å². The lowest BCUT2D eigenvalue weighted by Gasteiger charge is -2.27. The number of esters is 2. The van der Waals surface area contributed by atoms with Crippen molar-refractivity contribution in [2.75, 3.05) is 0 Å². The highest BCUT2D eigenvalue weighted by Crippen LogP contribution is 2.33. The average Bonchev–Trinajstić information content (AvgIpc) is 3.12. The van der Waals surface area contributed by atoms with Crippen LogP contribution in [0.1, 0.15) is 132 Å². The van der Waals surface area contributed by atoms with Gasteiger partial charge in [-0.25, -0.2) is 4.79 Å². The van der Waals surface area contributed by atoms with Crippen molar-refractivity contribution in [1.29, 1.82) is 0 Å². The van der Waals surface area contributed by atoms with Crippen LogP contribution in [0.25, 0.3) is 11.1 Å². The van der Waals surface area contributed by atoms with Gasteiger partial charge in [0.2, 0.25) is 0 Å². The van der Waals surface area contributed by atoms with E-state index in [1.54, 1.807) is 30.3 Å². The summed E-state index contributed by atoms with van der Waals surface area (Å²) in [4.78, 5) is 25.7. The molecule has 1 aliphatic rings. The van der Waals surface area contributed by atoms with Gasteiger partial charge in [-0.3, -0.25) is 4.79 Å². The summed E-state index contributed by atoms with van der Waals surface area (Å²) in [5, 5.41) is 0. The third-order valence-corrected chi connectivity index (χ3v) is 9.75. The fraction of sp³-hybridized carbons (Fsp3) is 0.535. The second kappa shape index (κ2) is 20.3. The maximum absolute atomic E-state index is 13.6. The van der Waals surface area contributed by atoms with Crippen LogP contribution in [0.5, 0.6) is 11.5 Å². The minimum atomic E-state index is -4.58. The van der Waals surface area contributed by atoms with Crippen LogP contribution in [0.4, 0.5) is 13.2 Å². The molecule has 278 valence electrons. The lowest BCUT2D eigenvalue weighted by molar-refractivity contribution is -0.225. The molecule has 0 saturated heterocycles. The molecule has 0 radical (unpaired) electrons. The number of rotatable bonds is 20. The Bertz CT molecular complexity index is 1500. The molecule has 0 aromatic heterocycles. The molecule has 3 atom stereocenters. The van der Waals surface area contributed by atoms with Gasteiger partial charge in [0.05, 0.1) is 17.6 Å². The van der Waals surface area contributed by atoms with E-state index < -0.39 is 30.1 Å². The van der Waals surface area contributed by atoms with Gasteiger partial charge in [-0.2, -0.15) is 13.2 Å². The maximum Gasteiger partial charge on any atom is 0.425 e. The van der Waals surface area contributed by atoms with Crippen molar-refractivity contribution in [2.45, 2.75) is 142 Å². The summed E-state index contributed by atoms with van der Waals surface area (Å²) >= 11 is 0. The highest BCUT2D eigenvalue weighted by atomic mass is 19.4. The summed E-state index contributed by atoms with van der Waals surface area (Å²) in [6.45, 7) is 6.35. The van der Waals surface area contributed by atoms with E-state index in [1.165, 1.54) is 44.9 Å². The van der Waals surface area contributed by atoms with E-state index in [0.29, 0.717) is 37.0 Å². The van der Waals surface area contributed by atoms with Gasteiger partial charge in [0.15, 0.2) is 6.10 Å². The van der Waals surface area contributed by atoms with Crippen molar-refractivity contribution in [1.82, 2.24) is 0 Å². The third-order valence-electron chi connectivity index (χ3n) is 9.75. The number of halogens is 3. The molecule has 51 heavy (non-hydrogen) atoms. The fourth-order valence-corrected chi connectivity index (χ4v) is 6.65. The quantitative estimate of drug-likeness (QED) is 0.0664. The molecule has 3 aromatic rings. The van der Waals surface area contributed by atoms with E-state index in [0.717, 1.165) is 47.3 Å². The number of ether oxygens (including phenoxy) is 3. The number of alkyl halides is 3. The van der Waals surface area contributed by atoms with E-state index in [2.05, 4.69) is 13.8 Å². The smallest absolute Gasteiger partial charge is 0.425 e. The largest absolute Gasteiger partial charge is 0.491 e. The molecule has 0 saturated carbocycles. The minimum absolute atomic E-state index is 0.164. The predicted octanol–water partition coefficient (Wildman–Crippen LogP) is 12.0. The van der Waals surface area contributed by atoms with E-state index >= 15 is 0 Å². The Morgan fingerprint density at radius 3 is 1.94 bits per heavy atom. The van der Waals surface area contributed by atoms with Crippen LogP contribution < -0.4 is 9.47 Å². The summed E-state index contributed by atoms with van der Waals surface area (Å²) in [7, 11) is 0. The Labute approximate surface area is 302 Å². The standard InChI is InChI=1S/C43H55F3O5/c1-4-6-8-10-11-12-13-15-31(3)49-38-26-23-33(24-27-38)32-17-19-34(20-18-32)41(47)50-39-28-25-35-29-37(22-21-36(35)30-39)42(48)51-40(43(44,45)46)16-14-9-7-5-2/h17-20,23-28,30-31,37,40H,4-16,21-22,29H2,1-3H3/t31?,37?,40-/m1/s1. The molecule has 4 rings (SSSR count). The lowest BCUT2D eigenvalue weighted by Crippen LogP contribution is -2.37. The summed E-state index contributed by atoms with van der Waals surface area (Å²) in [6.07, 6.45) is 7.30. The Hall–Kier alpha value is -3.81. The third kappa shape index (κ3) is 13.0. The molecule has 0 aliphatic heterocycles. The number of hydrogen-bond acceptors (Lipinski definition) is 5. The van der Waals surface area contributed by atoms with Crippen molar-refractivity contribution in [3.63, 3.8) is 0 Å². The molecule has 0 amide bonds. The zero-order chi connectivity index (χ0) is 36.6. The van der Waals surface area contributed by atoms with Gasteiger partial charge in [0, 0.05) is 0 Å². The Kier molecular flexibility index (Phi) is 15.9. The Morgan fingerprint density at radius 2 is 1.29 bits per heavy atom. The first-order valence-electron chi connectivity index (χ1n) is 19.1. The number of hydrogen-bond donors (Lipinski definition) is 0. The summed E-state index contributed by atoms with van der Waals surface area (Å²) < 4.78 is 57.5. The Morgan fingerprint density at radius 1 is 0.725 bits per heavy atom. The van der Waals surface area contributed by atoms with E-state index in [9.17, 15) is 22.8 Å². The number of carbonyl (C=O) groups is 2. The molecular weight excluding hydrogens is 653 g/mol. The van der Waals surface area contributed by atoms with Gasteiger partial charge in [-0.15, -0.1) is 0 Å². The van der Waals surface area contributed by atoms with Crippen LogP contribution in [0.2, 0.25) is 0 Å².